The quantitative estimate of drug-likeness (QED) is 0.393. The second kappa shape index (κ2) is 11.5. The summed E-state index contributed by atoms with van der Waals surface area (Å²) < 4.78 is 5.15. The zero-order valence-corrected chi connectivity index (χ0v) is 19.3. The standard InChI is InChI=1S/C23H34N4O5/c1-5-6-12-32-20(29)14-18-22(31)24-10-11-27(18)19(28)15-25-17-9-7-8-16(13-17)21(30)26-23(2,3)4/h7-9,13,18,25H,5-6,10-12,14-15H2,1-4H3,(H,24,31)(H,26,30). The molecule has 3 N–H and O–H groups in total. The Morgan fingerprint density at radius 2 is 2.00 bits per heavy atom. The molecule has 9 nitrogen and oxygen atoms in total. The number of ether oxygens (including phenoxy) is 1. The third-order valence-corrected chi connectivity index (χ3v) is 4.83. The Morgan fingerprint density at radius 1 is 1.25 bits per heavy atom. The van der Waals surface area contributed by atoms with E-state index in [1.54, 1.807) is 24.3 Å². The number of esters is 1. The summed E-state index contributed by atoms with van der Waals surface area (Å²) >= 11 is 0. The Morgan fingerprint density at radius 3 is 2.69 bits per heavy atom. The van der Waals surface area contributed by atoms with Crippen molar-refractivity contribution in [3.8, 4) is 0 Å². The van der Waals surface area contributed by atoms with Crippen LogP contribution in [-0.4, -0.2) is 66.4 Å². The van der Waals surface area contributed by atoms with E-state index in [-0.39, 0.29) is 36.2 Å². The molecule has 0 bridgehead atoms. The van der Waals surface area contributed by atoms with Gasteiger partial charge in [-0.2, -0.15) is 0 Å². The van der Waals surface area contributed by atoms with Crippen molar-refractivity contribution >= 4 is 29.4 Å². The molecule has 0 saturated carbocycles. The molecule has 9 heteroatoms. The fourth-order valence-electron chi connectivity index (χ4n) is 3.23. The molecule has 0 radical (unpaired) electrons. The smallest absolute Gasteiger partial charge is 0.308 e. The van der Waals surface area contributed by atoms with Gasteiger partial charge >= 0.3 is 5.97 Å². The number of amides is 3. The molecule has 3 amide bonds. The SMILES string of the molecule is CCCCOC(=O)CC1C(=O)NCCN1C(=O)CNc1cccc(C(=O)NC(C)(C)C)c1. The summed E-state index contributed by atoms with van der Waals surface area (Å²) in [6, 6.07) is 5.96. The number of unbranched alkanes of at least 4 members (excludes halogenated alkanes) is 1. The van der Waals surface area contributed by atoms with E-state index in [1.807, 2.05) is 27.7 Å². The summed E-state index contributed by atoms with van der Waals surface area (Å²) in [5.41, 5.74) is 0.720. The number of benzene rings is 1. The number of hydrogen-bond acceptors (Lipinski definition) is 6. The first kappa shape index (κ1) is 25.2. The van der Waals surface area contributed by atoms with Crippen molar-refractivity contribution in [2.75, 3.05) is 31.6 Å². The van der Waals surface area contributed by atoms with Gasteiger partial charge in [0.2, 0.25) is 11.8 Å². The highest BCUT2D eigenvalue weighted by Crippen LogP contribution is 2.14. The minimum atomic E-state index is -0.893. The summed E-state index contributed by atoms with van der Waals surface area (Å²) in [6.07, 6.45) is 1.47. The highest BCUT2D eigenvalue weighted by molar-refractivity contribution is 5.96. The Kier molecular flexibility index (Phi) is 9.04. The maximum atomic E-state index is 12.8. The third-order valence-electron chi connectivity index (χ3n) is 4.83. The van der Waals surface area contributed by atoms with Crippen molar-refractivity contribution in [3.63, 3.8) is 0 Å². The van der Waals surface area contributed by atoms with Gasteiger partial charge in [-0.15, -0.1) is 0 Å². The lowest BCUT2D eigenvalue weighted by Crippen LogP contribution is -2.58. The van der Waals surface area contributed by atoms with Gasteiger partial charge < -0.3 is 25.6 Å². The molecule has 1 atom stereocenters. The Labute approximate surface area is 189 Å². The molecule has 1 heterocycles. The zero-order chi connectivity index (χ0) is 23.7. The Hall–Kier alpha value is -3.10. The van der Waals surface area contributed by atoms with Gasteiger partial charge in [0.25, 0.3) is 5.91 Å². The van der Waals surface area contributed by atoms with Gasteiger partial charge in [-0.1, -0.05) is 19.4 Å². The van der Waals surface area contributed by atoms with Crippen molar-refractivity contribution in [2.45, 2.75) is 58.5 Å². The minimum absolute atomic E-state index is 0.0704. The predicted molar refractivity (Wildman–Crippen MR) is 121 cm³/mol. The normalized spacial score (nSPS) is 16.2. The van der Waals surface area contributed by atoms with Crippen molar-refractivity contribution in [2.24, 2.45) is 0 Å². The van der Waals surface area contributed by atoms with Gasteiger partial charge in [0.1, 0.15) is 6.04 Å². The zero-order valence-electron chi connectivity index (χ0n) is 19.3. The van der Waals surface area contributed by atoms with E-state index in [0.29, 0.717) is 30.9 Å². The van der Waals surface area contributed by atoms with Gasteiger partial charge in [-0.25, -0.2) is 0 Å². The number of carbonyl (C=O) groups is 4. The van der Waals surface area contributed by atoms with Crippen molar-refractivity contribution in [1.29, 1.82) is 0 Å². The number of rotatable bonds is 9. The van der Waals surface area contributed by atoms with Crippen LogP contribution in [-0.2, 0) is 19.1 Å². The summed E-state index contributed by atoms with van der Waals surface area (Å²) in [5.74, 6) is -1.38. The van der Waals surface area contributed by atoms with Crippen LogP contribution in [0.2, 0.25) is 0 Å². The lowest BCUT2D eigenvalue weighted by atomic mass is 10.1. The number of nitrogens with one attached hydrogen (secondary N) is 3. The van der Waals surface area contributed by atoms with E-state index in [2.05, 4.69) is 16.0 Å². The minimum Gasteiger partial charge on any atom is -0.466 e. The molecule has 0 aromatic heterocycles. The highest BCUT2D eigenvalue weighted by Gasteiger charge is 2.35. The van der Waals surface area contributed by atoms with E-state index in [4.69, 9.17) is 4.74 Å². The first-order valence-corrected chi connectivity index (χ1v) is 11.0. The second-order valence-electron chi connectivity index (χ2n) is 8.81. The number of hydrogen-bond donors (Lipinski definition) is 3. The molecule has 2 rings (SSSR count). The van der Waals surface area contributed by atoms with Crippen LogP contribution >= 0.6 is 0 Å². The number of nitrogens with zero attached hydrogens (tertiary/aromatic N) is 1. The fourth-order valence-corrected chi connectivity index (χ4v) is 3.23. The summed E-state index contributed by atoms with van der Waals surface area (Å²) in [6.45, 7) is 8.56. The molecular formula is C23H34N4O5. The maximum absolute atomic E-state index is 12.8. The van der Waals surface area contributed by atoms with Crippen LogP contribution < -0.4 is 16.0 Å². The van der Waals surface area contributed by atoms with Crippen LogP contribution in [0.3, 0.4) is 0 Å². The lowest BCUT2D eigenvalue weighted by Gasteiger charge is -2.34. The van der Waals surface area contributed by atoms with Gasteiger partial charge in [0.05, 0.1) is 19.6 Å². The van der Waals surface area contributed by atoms with Crippen LogP contribution in [0, 0.1) is 0 Å². The first-order chi connectivity index (χ1) is 15.1. The van der Waals surface area contributed by atoms with Gasteiger partial charge in [0.15, 0.2) is 0 Å². The van der Waals surface area contributed by atoms with E-state index in [0.717, 1.165) is 12.8 Å². The fraction of sp³-hybridized carbons (Fsp3) is 0.565. The maximum Gasteiger partial charge on any atom is 0.308 e. The molecule has 1 aromatic carbocycles. The van der Waals surface area contributed by atoms with Crippen molar-refractivity contribution < 1.29 is 23.9 Å². The molecule has 1 aliphatic heterocycles. The highest BCUT2D eigenvalue weighted by atomic mass is 16.5. The first-order valence-electron chi connectivity index (χ1n) is 11.0. The third kappa shape index (κ3) is 7.86. The molecule has 0 spiro atoms. The molecule has 0 aliphatic carbocycles. The van der Waals surface area contributed by atoms with E-state index in [1.165, 1.54) is 4.90 Å². The van der Waals surface area contributed by atoms with Crippen LogP contribution in [0.1, 0.15) is 57.3 Å². The number of anilines is 1. The molecule has 176 valence electrons. The largest absolute Gasteiger partial charge is 0.466 e. The molecule has 1 unspecified atom stereocenters. The Bertz CT molecular complexity index is 834. The summed E-state index contributed by atoms with van der Waals surface area (Å²) in [4.78, 5) is 51.0. The average molecular weight is 447 g/mol. The lowest BCUT2D eigenvalue weighted by molar-refractivity contribution is -0.151. The van der Waals surface area contributed by atoms with Crippen molar-refractivity contribution in [3.05, 3.63) is 29.8 Å². The second-order valence-corrected chi connectivity index (χ2v) is 8.81. The monoisotopic (exact) mass is 446 g/mol. The summed E-state index contributed by atoms with van der Waals surface area (Å²) in [7, 11) is 0. The molecular weight excluding hydrogens is 412 g/mol. The van der Waals surface area contributed by atoms with Gasteiger partial charge in [0, 0.05) is 29.9 Å². The molecule has 1 saturated heterocycles. The van der Waals surface area contributed by atoms with Gasteiger partial charge in [-0.3, -0.25) is 19.2 Å². The molecule has 1 aromatic rings. The Balaban J connectivity index is 1.98. The number of piperazine rings is 1. The van der Waals surface area contributed by atoms with Crippen LogP contribution in [0.4, 0.5) is 5.69 Å². The average Bonchev–Trinajstić information content (AvgIpc) is 2.72. The van der Waals surface area contributed by atoms with E-state index in [9.17, 15) is 19.2 Å². The van der Waals surface area contributed by atoms with Crippen LogP contribution in [0.25, 0.3) is 0 Å². The van der Waals surface area contributed by atoms with E-state index >= 15 is 0 Å². The number of carbonyl (C=O) groups excluding carboxylic acids is 4. The summed E-state index contributed by atoms with van der Waals surface area (Å²) in [5, 5.41) is 8.60. The van der Waals surface area contributed by atoms with E-state index < -0.39 is 12.0 Å². The molecule has 1 aliphatic rings. The van der Waals surface area contributed by atoms with Crippen LogP contribution in [0.15, 0.2) is 24.3 Å². The van der Waals surface area contributed by atoms with Crippen molar-refractivity contribution in [1.82, 2.24) is 15.5 Å². The van der Waals surface area contributed by atoms with Gasteiger partial charge in [-0.05, 0) is 45.4 Å². The predicted octanol–water partition coefficient (Wildman–Crippen LogP) is 1.69. The molecule has 32 heavy (non-hydrogen) atoms. The van der Waals surface area contributed by atoms with Crippen LogP contribution in [0.5, 0.6) is 0 Å². The topological polar surface area (TPSA) is 117 Å². The molecule has 1 fully saturated rings.